The fraction of sp³-hybridized carbons (Fsp3) is 0.409. The normalized spacial score (nSPS) is 24.7. The number of aromatic hydroxyl groups is 1. The van der Waals surface area contributed by atoms with E-state index >= 15 is 9.59 Å². The van der Waals surface area contributed by atoms with Gasteiger partial charge in [0, 0.05) is 109 Å². The molecule has 3 aliphatic rings. The third-order valence-corrected chi connectivity index (χ3v) is 19.3. The van der Waals surface area contributed by atoms with Crippen LogP contribution in [0.3, 0.4) is 0 Å². The Morgan fingerprint density at radius 3 is 1.88 bits per heavy atom. The number of nitrogens with one attached hydrogen (secondary N) is 12. The number of carbonyl (C=O) groups excluding carboxylic acids is 10. The van der Waals surface area contributed by atoms with Gasteiger partial charge in [-0.1, -0.05) is 36.4 Å². The second-order valence-corrected chi connectivity index (χ2v) is 26.6. The first-order valence-corrected chi connectivity index (χ1v) is 33.9. The minimum atomic E-state index is -2.01. The number of hydrogen-bond donors (Lipinski definition) is 15. The SMILES string of the molecule is C[C@@H]1NC(=O)CCSCc2cccc(c2)CSC[C@@H](C(N)=O)NC(=O)[C@]2(C)CCCN2C(=O)[C@H](Cc2ccc(O)cc2)NC(=O)[C@H](CC2CNCN2)NC(=O)[C@H](CC(=O)O)NC(=O)[C@H](Cc2c[nH]c3ccc(F)cc23)NC(=O)[C@H](Cc2c[nH]c3ccc(F)cc23)NC(=O)CNC1=O. The lowest BCUT2D eigenvalue weighted by atomic mass is 9.95. The number of rotatable bonds is 11. The van der Waals surface area contributed by atoms with Crippen molar-refractivity contribution in [3.05, 3.63) is 137 Å². The average molecular weight is 1380 g/mol. The van der Waals surface area contributed by atoms with E-state index in [0.717, 1.165) is 11.1 Å². The Labute approximate surface area is 564 Å². The highest BCUT2D eigenvalue weighted by Gasteiger charge is 2.49. The molecule has 1 unspecified atom stereocenters. The number of phenolic OH excluding ortho intramolecular Hbond substituents is 1. The van der Waals surface area contributed by atoms with Gasteiger partial charge in [0.05, 0.1) is 13.0 Å². The number of aromatic amines is 2. The number of aliphatic carboxylic acids is 1. The van der Waals surface area contributed by atoms with E-state index in [4.69, 9.17) is 5.73 Å². The highest BCUT2D eigenvalue weighted by molar-refractivity contribution is 7.98. The van der Waals surface area contributed by atoms with Gasteiger partial charge in [0.1, 0.15) is 65.2 Å². The van der Waals surface area contributed by atoms with Crippen molar-refractivity contribution in [2.45, 2.75) is 131 Å². The summed E-state index contributed by atoms with van der Waals surface area (Å²) in [6, 6.07) is 9.81. The van der Waals surface area contributed by atoms with Crippen molar-refractivity contribution in [1.82, 2.24) is 68.0 Å². The van der Waals surface area contributed by atoms with Crippen molar-refractivity contribution >= 4 is 110 Å². The minimum Gasteiger partial charge on any atom is -0.508 e. The summed E-state index contributed by atoms with van der Waals surface area (Å²) < 4.78 is 29.7. The third kappa shape index (κ3) is 19.3. The molecule has 516 valence electrons. The van der Waals surface area contributed by atoms with Crippen LogP contribution in [0, 0.1) is 11.6 Å². The van der Waals surface area contributed by atoms with Crippen LogP contribution in [0.15, 0.2) is 97.3 Å². The maximum absolute atomic E-state index is 15.2. The molecule has 5 heterocycles. The quantitative estimate of drug-likeness (QED) is 0.0861. The highest BCUT2D eigenvalue weighted by Crippen LogP contribution is 2.32. The molecule has 0 aliphatic carbocycles. The van der Waals surface area contributed by atoms with Gasteiger partial charge < -0.3 is 84.0 Å². The van der Waals surface area contributed by atoms with Crippen LogP contribution in [-0.4, -0.2) is 182 Å². The monoisotopic (exact) mass is 1380 g/mol. The number of nitrogens with two attached hydrogens (primary N) is 1. The minimum absolute atomic E-state index is 0.0233. The molecule has 2 saturated heterocycles. The molecule has 2 fully saturated rings. The van der Waals surface area contributed by atoms with Gasteiger partial charge in [0.15, 0.2) is 0 Å². The van der Waals surface area contributed by atoms with Crippen LogP contribution in [0.1, 0.15) is 73.8 Å². The van der Waals surface area contributed by atoms with E-state index in [1.165, 1.54) is 115 Å². The molecular formula is C66H78F2N14O13S2. The van der Waals surface area contributed by atoms with Crippen molar-refractivity contribution in [2.75, 3.05) is 37.8 Å². The first kappa shape index (κ1) is 71.7. The van der Waals surface area contributed by atoms with E-state index < -0.39 is 150 Å². The van der Waals surface area contributed by atoms with E-state index in [1.54, 1.807) is 0 Å². The van der Waals surface area contributed by atoms with Gasteiger partial charge in [0.2, 0.25) is 59.1 Å². The van der Waals surface area contributed by atoms with Crippen molar-refractivity contribution in [3.63, 3.8) is 0 Å². The summed E-state index contributed by atoms with van der Waals surface area (Å²) in [5, 5.41) is 48.2. The molecule has 2 bridgehead atoms. The Morgan fingerprint density at radius 2 is 1.26 bits per heavy atom. The fourth-order valence-electron chi connectivity index (χ4n) is 11.9. The molecule has 97 heavy (non-hydrogen) atoms. The summed E-state index contributed by atoms with van der Waals surface area (Å²) in [4.78, 5) is 163. The number of amides is 10. The molecule has 6 aromatic rings. The van der Waals surface area contributed by atoms with Gasteiger partial charge in [0.25, 0.3) is 0 Å². The lowest BCUT2D eigenvalue weighted by molar-refractivity contribution is -0.147. The lowest BCUT2D eigenvalue weighted by Gasteiger charge is -2.37. The zero-order valence-electron chi connectivity index (χ0n) is 53.2. The number of primary amides is 1. The summed E-state index contributed by atoms with van der Waals surface area (Å²) in [5.74, 6) is -10.4. The Hall–Kier alpha value is -9.59. The molecule has 27 nitrogen and oxygen atoms in total. The maximum Gasteiger partial charge on any atom is 0.305 e. The molecule has 0 spiro atoms. The molecule has 9 atom stereocenters. The predicted octanol–water partition coefficient (Wildman–Crippen LogP) is 1.01. The first-order chi connectivity index (χ1) is 46.4. The number of carbonyl (C=O) groups is 11. The van der Waals surface area contributed by atoms with Crippen molar-refractivity contribution in [2.24, 2.45) is 5.73 Å². The molecule has 10 amide bonds. The third-order valence-electron chi connectivity index (χ3n) is 17.2. The largest absolute Gasteiger partial charge is 0.508 e. The van der Waals surface area contributed by atoms with Crippen LogP contribution in [0.25, 0.3) is 21.8 Å². The number of H-pyrrole nitrogens is 2. The number of carboxylic acids is 1. The van der Waals surface area contributed by atoms with E-state index in [1.807, 2.05) is 24.3 Å². The Morgan fingerprint density at radius 1 is 0.670 bits per heavy atom. The lowest BCUT2D eigenvalue weighted by Crippen LogP contribution is -2.63. The molecule has 31 heteroatoms. The van der Waals surface area contributed by atoms with Crippen LogP contribution in [-0.2, 0) is 83.5 Å². The summed E-state index contributed by atoms with van der Waals surface area (Å²) in [7, 11) is 0. The molecule has 4 aromatic carbocycles. The number of halogens is 2. The van der Waals surface area contributed by atoms with Gasteiger partial charge >= 0.3 is 5.97 Å². The zero-order valence-corrected chi connectivity index (χ0v) is 54.8. The van der Waals surface area contributed by atoms with Crippen LogP contribution in [0.4, 0.5) is 8.78 Å². The number of phenols is 1. The number of nitrogens with zero attached hydrogens (tertiary/aromatic N) is 1. The average Bonchev–Trinajstić information content (AvgIpc) is 1.70. The number of hydrogen-bond acceptors (Lipinski definition) is 16. The van der Waals surface area contributed by atoms with Gasteiger partial charge in [-0.05, 0) is 109 Å². The van der Waals surface area contributed by atoms with Crippen LogP contribution < -0.4 is 58.9 Å². The molecule has 16 N–H and O–H groups in total. The molecule has 2 aromatic heterocycles. The summed E-state index contributed by atoms with van der Waals surface area (Å²) in [6.07, 6.45) is 1.10. The Kier molecular flexibility index (Phi) is 24.3. The van der Waals surface area contributed by atoms with E-state index in [-0.39, 0.29) is 67.6 Å². The second kappa shape index (κ2) is 32.9. The standard InChI is InChI=1S/C66H78F2N14O13S2/c1-35-59(89)73-30-56(85)76-49(21-39-27-71-47-13-9-41(67)23-45(39)47)60(90)77-50(22-40-28-72-48-14-10-42(68)24-46(40)48)61(91)79-52(26-57(86)87)63(93)78-51(25-43-29-70-34-74-43)62(92)80-53(20-36-7-11-44(83)12-8-36)64(94)82-17-4-16-66(82,2)65(95)81-54(58(69)88)33-97-32-38-6-3-5-37(19-38)31-96-18-15-55(84)75-35/h3,5-14,19,23-24,27-28,35,43,49-54,70-72,74,83H,4,15-18,20-22,25-26,29-34H2,1-2H3,(H2,69,88)(H,73,89)(H,75,84)(H,76,85)(H,77,90)(H,78,93)(H,79,91)(H,80,92)(H,81,95)(H,86,87)/t35-,43?,49-,50-,51-,52-,53-,54-,66-/m0/s1. The molecular weight excluding hydrogens is 1300 g/mol. The molecule has 3 aliphatic heterocycles. The molecule has 0 radical (unpaired) electrons. The van der Waals surface area contributed by atoms with Gasteiger partial charge in [-0.2, -0.15) is 23.5 Å². The zero-order chi connectivity index (χ0) is 69.5. The maximum atomic E-state index is 15.2. The van der Waals surface area contributed by atoms with Crippen LogP contribution in [0.2, 0.25) is 0 Å². The number of aromatic nitrogens is 2. The van der Waals surface area contributed by atoms with E-state index in [2.05, 4.69) is 63.1 Å². The summed E-state index contributed by atoms with van der Waals surface area (Å²) in [5.41, 5.74) is 8.03. The fourth-order valence-corrected chi connectivity index (χ4v) is 13.8. The number of thioether (sulfide) groups is 2. The smallest absolute Gasteiger partial charge is 0.305 e. The van der Waals surface area contributed by atoms with Crippen molar-refractivity contribution < 1.29 is 71.7 Å². The van der Waals surface area contributed by atoms with Gasteiger partial charge in [-0.15, -0.1) is 0 Å². The molecule has 9 rings (SSSR count). The topological polar surface area (TPSA) is 409 Å². The Bertz CT molecular complexity index is 3930. The van der Waals surface area contributed by atoms with Gasteiger partial charge in [-0.3, -0.25) is 52.7 Å². The van der Waals surface area contributed by atoms with E-state index in [9.17, 15) is 62.1 Å². The number of benzene rings is 4. The van der Waals surface area contributed by atoms with Crippen molar-refractivity contribution in [1.29, 1.82) is 0 Å². The highest BCUT2D eigenvalue weighted by atomic mass is 32.2. The summed E-state index contributed by atoms with van der Waals surface area (Å²) >= 11 is 2.79. The summed E-state index contributed by atoms with van der Waals surface area (Å²) in [6.45, 7) is 2.83. The number of carboxylic acid groups (broad SMARTS) is 1. The van der Waals surface area contributed by atoms with Crippen LogP contribution in [0.5, 0.6) is 5.75 Å². The van der Waals surface area contributed by atoms with E-state index in [0.29, 0.717) is 57.9 Å². The predicted molar refractivity (Wildman–Crippen MR) is 357 cm³/mol. The number of fused-ring (bicyclic) bond motifs is 5. The Balaban J connectivity index is 1.04. The second-order valence-electron chi connectivity index (χ2n) is 24.5. The van der Waals surface area contributed by atoms with Crippen LogP contribution >= 0.6 is 23.5 Å². The molecule has 0 saturated carbocycles. The first-order valence-electron chi connectivity index (χ1n) is 31.6. The van der Waals surface area contributed by atoms with Crippen molar-refractivity contribution in [3.8, 4) is 5.75 Å². The van der Waals surface area contributed by atoms with Gasteiger partial charge in [-0.25, -0.2) is 8.78 Å².